The van der Waals surface area contributed by atoms with E-state index in [2.05, 4.69) is 9.97 Å². The van der Waals surface area contributed by atoms with Crippen molar-refractivity contribution in [1.82, 2.24) is 9.97 Å². The molecular formula is C10H5AsCl3N2. The zero-order valence-electron chi connectivity index (χ0n) is 7.86. The van der Waals surface area contributed by atoms with E-state index in [1.54, 1.807) is 12.3 Å². The second-order valence-electron chi connectivity index (χ2n) is 2.92. The van der Waals surface area contributed by atoms with Gasteiger partial charge in [0, 0.05) is 0 Å². The van der Waals surface area contributed by atoms with Gasteiger partial charge in [0.25, 0.3) is 0 Å². The molecule has 0 saturated heterocycles. The molecule has 16 heavy (non-hydrogen) atoms. The van der Waals surface area contributed by atoms with Gasteiger partial charge in [0.2, 0.25) is 0 Å². The van der Waals surface area contributed by atoms with E-state index in [0.29, 0.717) is 10.0 Å². The van der Waals surface area contributed by atoms with Crippen molar-refractivity contribution in [1.29, 1.82) is 0 Å². The summed E-state index contributed by atoms with van der Waals surface area (Å²) in [5.74, 6) is 0. The van der Waals surface area contributed by atoms with E-state index in [-0.39, 0.29) is 21.0 Å². The predicted octanol–water partition coefficient (Wildman–Crippen LogP) is 2.09. The molecule has 0 spiro atoms. The Labute approximate surface area is 115 Å². The number of halogens is 3. The van der Waals surface area contributed by atoms with Gasteiger partial charge >= 0.3 is 115 Å². The average Bonchev–Trinajstić information content (AvgIpc) is 2.15. The number of aromatic nitrogens is 2. The Morgan fingerprint density at radius 3 is 2.31 bits per heavy atom. The van der Waals surface area contributed by atoms with Gasteiger partial charge in [-0.25, -0.2) is 0 Å². The van der Waals surface area contributed by atoms with Crippen LogP contribution in [0.1, 0.15) is 0 Å². The molecular weight excluding hydrogens is 329 g/mol. The van der Waals surface area contributed by atoms with Crippen LogP contribution in [0.4, 0.5) is 0 Å². The van der Waals surface area contributed by atoms with Crippen LogP contribution in [0.15, 0.2) is 30.5 Å². The number of nitrogens with zero attached hydrogens (tertiary/aromatic N) is 2. The number of hydrogen-bond acceptors (Lipinski definition) is 2. The van der Waals surface area contributed by atoms with Crippen LogP contribution in [0.25, 0.3) is 0 Å². The summed E-state index contributed by atoms with van der Waals surface area (Å²) in [6.45, 7) is 0. The molecule has 0 atom stereocenters. The third-order valence-corrected chi connectivity index (χ3v) is 4.41. The SMILES string of the molecule is Clc1cc(Cl)cc([As]c2ccnc(Cl)n2)c1. The Balaban J connectivity index is 2.27. The van der Waals surface area contributed by atoms with Crippen molar-refractivity contribution in [2.45, 2.75) is 0 Å². The van der Waals surface area contributed by atoms with Gasteiger partial charge in [0.1, 0.15) is 0 Å². The fraction of sp³-hybridized carbons (Fsp3) is 0. The van der Waals surface area contributed by atoms with Crippen molar-refractivity contribution in [3.05, 3.63) is 45.8 Å². The van der Waals surface area contributed by atoms with Gasteiger partial charge in [-0.1, -0.05) is 0 Å². The summed E-state index contributed by atoms with van der Waals surface area (Å²) in [5.41, 5.74) is 0. The first kappa shape index (κ1) is 12.2. The number of benzene rings is 1. The van der Waals surface area contributed by atoms with Crippen molar-refractivity contribution in [3.63, 3.8) is 0 Å². The molecule has 2 aromatic rings. The Kier molecular flexibility index (Phi) is 4.09. The topological polar surface area (TPSA) is 25.8 Å². The summed E-state index contributed by atoms with van der Waals surface area (Å²) < 4.78 is 2.01. The molecule has 1 radical (unpaired) electrons. The quantitative estimate of drug-likeness (QED) is 0.621. The first-order valence-corrected chi connectivity index (χ1v) is 7.31. The third kappa shape index (κ3) is 3.36. The molecule has 0 saturated carbocycles. The Morgan fingerprint density at radius 1 is 1.00 bits per heavy atom. The third-order valence-electron chi connectivity index (χ3n) is 1.70. The van der Waals surface area contributed by atoms with Crippen LogP contribution in [0.3, 0.4) is 0 Å². The first-order chi connectivity index (χ1) is 7.63. The van der Waals surface area contributed by atoms with Gasteiger partial charge in [0.05, 0.1) is 0 Å². The van der Waals surface area contributed by atoms with Gasteiger partial charge in [-0.2, -0.15) is 0 Å². The molecule has 0 unspecified atom stereocenters. The van der Waals surface area contributed by atoms with Gasteiger partial charge in [-0.15, -0.1) is 0 Å². The Hall–Kier alpha value is -0.272. The second-order valence-corrected chi connectivity index (χ2v) is 6.65. The molecule has 1 heterocycles. The fourth-order valence-electron chi connectivity index (χ4n) is 1.12. The maximum atomic E-state index is 5.92. The predicted molar refractivity (Wildman–Crippen MR) is 68.5 cm³/mol. The number of rotatable bonds is 2. The monoisotopic (exact) mass is 333 g/mol. The molecule has 2 nitrogen and oxygen atoms in total. The average molecular weight is 334 g/mol. The van der Waals surface area contributed by atoms with E-state index in [1.807, 2.05) is 18.2 Å². The molecule has 0 aliphatic rings. The molecule has 2 rings (SSSR count). The van der Waals surface area contributed by atoms with Crippen molar-refractivity contribution in [2.75, 3.05) is 0 Å². The molecule has 0 aliphatic heterocycles. The van der Waals surface area contributed by atoms with E-state index in [0.717, 1.165) is 8.83 Å². The summed E-state index contributed by atoms with van der Waals surface area (Å²) in [5, 5.41) is 1.54. The van der Waals surface area contributed by atoms with Crippen LogP contribution >= 0.6 is 34.8 Å². The van der Waals surface area contributed by atoms with Crippen molar-refractivity contribution < 1.29 is 0 Å². The van der Waals surface area contributed by atoms with Gasteiger partial charge in [-0.3, -0.25) is 0 Å². The van der Waals surface area contributed by atoms with E-state index in [9.17, 15) is 0 Å². The van der Waals surface area contributed by atoms with E-state index >= 15 is 0 Å². The first-order valence-electron chi connectivity index (χ1n) is 4.30. The van der Waals surface area contributed by atoms with Crippen LogP contribution in [0.5, 0.6) is 0 Å². The summed E-state index contributed by atoms with van der Waals surface area (Å²) >= 11 is 17.3. The van der Waals surface area contributed by atoms with Crippen LogP contribution in [-0.4, -0.2) is 25.7 Å². The molecule has 0 amide bonds. The molecule has 81 valence electrons. The molecule has 0 fully saturated rings. The second kappa shape index (κ2) is 5.37. The Bertz CT molecular complexity index is 499. The minimum atomic E-state index is -0.270. The normalized spacial score (nSPS) is 11.2. The van der Waals surface area contributed by atoms with Crippen molar-refractivity contribution >= 4 is 59.4 Å². The molecule has 0 bridgehead atoms. The standard InChI is InChI=1S/C10H5AsCl3N2/c12-7-3-6(4-8(13)5-7)11-9-1-2-15-10(14)16-9/h1-5H. The minimum absolute atomic E-state index is 0.265. The van der Waals surface area contributed by atoms with E-state index < -0.39 is 0 Å². The zero-order chi connectivity index (χ0) is 11.5. The zero-order valence-corrected chi connectivity index (χ0v) is 12.0. The fourth-order valence-corrected chi connectivity index (χ4v) is 4.27. The molecule has 0 N–H and O–H groups in total. The Morgan fingerprint density at radius 2 is 1.69 bits per heavy atom. The molecule has 6 heteroatoms. The summed E-state index contributed by atoms with van der Waals surface area (Å²) in [6, 6.07) is 7.34. The van der Waals surface area contributed by atoms with Crippen LogP contribution in [0, 0.1) is 0 Å². The van der Waals surface area contributed by atoms with E-state index in [4.69, 9.17) is 34.8 Å². The summed E-state index contributed by atoms with van der Waals surface area (Å²) in [7, 11) is 0. The van der Waals surface area contributed by atoms with Gasteiger partial charge in [-0.05, 0) is 0 Å². The summed E-state index contributed by atoms with van der Waals surface area (Å²) in [4.78, 5) is 7.97. The van der Waals surface area contributed by atoms with Gasteiger partial charge < -0.3 is 0 Å². The van der Waals surface area contributed by atoms with Crippen LogP contribution < -0.4 is 8.83 Å². The van der Waals surface area contributed by atoms with Crippen molar-refractivity contribution in [3.8, 4) is 0 Å². The van der Waals surface area contributed by atoms with E-state index in [1.165, 1.54) is 0 Å². The maximum absolute atomic E-state index is 5.92. The van der Waals surface area contributed by atoms with Crippen LogP contribution in [0.2, 0.25) is 15.3 Å². The van der Waals surface area contributed by atoms with Gasteiger partial charge in [0.15, 0.2) is 0 Å². The molecule has 1 aromatic carbocycles. The van der Waals surface area contributed by atoms with Crippen LogP contribution in [-0.2, 0) is 0 Å². The summed E-state index contributed by atoms with van der Waals surface area (Å²) in [6.07, 6.45) is 1.65. The molecule has 0 aliphatic carbocycles. The van der Waals surface area contributed by atoms with Crippen molar-refractivity contribution in [2.24, 2.45) is 0 Å². The molecule has 1 aromatic heterocycles. The number of hydrogen-bond donors (Lipinski definition) is 0.